The number of imidazole rings is 1. The second-order valence-corrected chi connectivity index (χ2v) is 14.1. The molecule has 2 amide bonds. The van der Waals surface area contributed by atoms with Crippen molar-refractivity contribution in [2.45, 2.75) is 78.9 Å². The molecule has 2 heterocycles. The van der Waals surface area contributed by atoms with E-state index in [0.717, 1.165) is 53.8 Å². The Hall–Kier alpha value is -3.63. The molecule has 2 aromatic heterocycles. The van der Waals surface area contributed by atoms with Crippen LogP contribution < -0.4 is 15.5 Å². The van der Waals surface area contributed by atoms with Crippen LogP contribution in [0.1, 0.15) is 86.5 Å². The number of nitrogens with one attached hydrogen (secondary N) is 3. The van der Waals surface area contributed by atoms with Crippen LogP contribution in [0.3, 0.4) is 0 Å². The van der Waals surface area contributed by atoms with Gasteiger partial charge in [-0.15, -0.1) is 0 Å². The highest BCUT2D eigenvalue weighted by Gasteiger charge is 2.25. The maximum atomic E-state index is 13.8. The summed E-state index contributed by atoms with van der Waals surface area (Å²) in [4.78, 5) is 37.5. The highest BCUT2D eigenvalue weighted by atomic mass is 35.5. The third-order valence-corrected chi connectivity index (χ3v) is 9.50. The largest absolute Gasteiger partial charge is 0.366 e. The normalized spacial score (nSPS) is 17.0. The summed E-state index contributed by atoms with van der Waals surface area (Å²) in [6, 6.07) is 7.66. The first kappa shape index (κ1) is 32.8. The number of aromatic amines is 1. The van der Waals surface area contributed by atoms with Gasteiger partial charge in [-0.2, -0.15) is 5.10 Å². The van der Waals surface area contributed by atoms with E-state index in [1.54, 1.807) is 6.07 Å². The molecule has 5 rings (SSSR count). The molecule has 0 saturated heterocycles. The van der Waals surface area contributed by atoms with E-state index in [-0.39, 0.29) is 17.9 Å². The lowest BCUT2D eigenvalue weighted by molar-refractivity contribution is -0.128. The van der Waals surface area contributed by atoms with Crippen LogP contribution in [0.25, 0.3) is 11.0 Å². The molecule has 0 aliphatic heterocycles. The number of halogens is 2. The van der Waals surface area contributed by atoms with Crippen molar-refractivity contribution >= 4 is 51.7 Å². The van der Waals surface area contributed by atoms with Gasteiger partial charge in [0.1, 0.15) is 18.0 Å². The van der Waals surface area contributed by atoms with E-state index in [0.29, 0.717) is 52.4 Å². The second-order valence-electron chi connectivity index (χ2n) is 13.3. The zero-order valence-corrected chi connectivity index (χ0v) is 28.3. The number of hydrogen-bond acceptors (Lipinski definition) is 6. The lowest BCUT2D eigenvalue weighted by atomic mass is 9.87. The molecule has 0 bridgehead atoms. The highest BCUT2D eigenvalue weighted by molar-refractivity contribution is 6.36. The number of aromatic nitrogens is 5. The van der Waals surface area contributed by atoms with Crippen molar-refractivity contribution in [3.8, 4) is 0 Å². The molecule has 3 N–H and O–H groups in total. The van der Waals surface area contributed by atoms with Gasteiger partial charge in [-0.25, -0.2) is 9.97 Å². The van der Waals surface area contributed by atoms with Crippen LogP contribution in [0.5, 0.6) is 0 Å². The third-order valence-electron chi connectivity index (χ3n) is 8.67. The molecular formula is C33H42Cl2N8O2. The molecule has 1 fully saturated rings. The van der Waals surface area contributed by atoms with Gasteiger partial charge >= 0.3 is 0 Å². The summed E-state index contributed by atoms with van der Waals surface area (Å²) >= 11 is 13.5. The zero-order valence-electron chi connectivity index (χ0n) is 26.8. The van der Waals surface area contributed by atoms with Gasteiger partial charge in [0.15, 0.2) is 0 Å². The van der Waals surface area contributed by atoms with Crippen LogP contribution in [0, 0.1) is 11.3 Å². The smallest absolute Gasteiger partial charge is 0.253 e. The van der Waals surface area contributed by atoms with Crippen molar-refractivity contribution in [2.24, 2.45) is 18.4 Å². The van der Waals surface area contributed by atoms with Gasteiger partial charge in [0, 0.05) is 43.5 Å². The van der Waals surface area contributed by atoms with E-state index in [2.05, 4.69) is 32.7 Å². The van der Waals surface area contributed by atoms with Crippen LogP contribution in [-0.2, 0) is 31.4 Å². The summed E-state index contributed by atoms with van der Waals surface area (Å²) in [5.74, 6) is 1.95. The Balaban J connectivity index is 1.47. The van der Waals surface area contributed by atoms with Gasteiger partial charge < -0.3 is 20.1 Å². The number of nitrogens with zero attached hydrogens (tertiary/aromatic N) is 5. The Morgan fingerprint density at radius 3 is 2.53 bits per heavy atom. The zero-order chi connectivity index (χ0) is 32.5. The Kier molecular flexibility index (Phi) is 9.74. The number of carbonyl (C=O) groups excluding carboxylic acids is 2. The molecule has 0 spiro atoms. The van der Waals surface area contributed by atoms with Crippen LogP contribution in [0.2, 0.25) is 10.0 Å². The van der Waals surface area contributed by atoms with Crippen molar-refractivity contribution < 1.29 is 9.59 Å². The van der Waals surface area contributed by atoms with Gasteiger partial charge in [-0.05, 0) is 60.9 Å². The molecule has 240 valence electrons. The maximum Gasteiger partial charge on any atom is 0.253 e. The molecule has 1 aliphatic rings. The minimum absolute atomic E-state index is 0.0626. The number of anilines is 1. The van der Waals surface area contributed by atoms with Crippen LogP contribution in [-0.4, -0.2) is 49.6 Å². The first-order valence-electron chi connectivity index (χ1n) is 15.4. The SMILES string of the molecule is CC1CCC(NC(=O)c2cc3nc(Cc4c(Cl)ccc(CNC(=O)C(C)(C)C)c4Cl)n(C)c3cc2N(C)Cc2ncn[nH]2)CC1. The quantitative estimate of drug-likeness (QED) is 0.198. The standard InChI is InChI=1S/C33H42Cl2N8O2/c1-19-7-10-21(11-8-19)39-31(44)23-13-25-27(15-26(23)42(5)17-28-37-18-38-41-28)43(6)29(40-25)14-22-24(34)12-9-20(30(22)35)16-36-32(45)33(2,3)4/h9,12-13,15,18-19,21H,7-8,10-11,14,16-17H2,1-6H3,(H,36,45)(H,39,44)(H,37,38,41). The summed E-state index contributed by atoms with van der Waals surface area (Å²) in [5.41, 5.74) is 3.89. The number of amides is 2. The number of rotatable bonds is 9. The predicted molar refractivity (Wildman–Crippen MR) is 179 cm³/mol. The summed E-state index contributed by atoms with van der Waals surface area (Å²) in [7, 11) is 3.88. The van der Waals surface area contributed by atoms with Crippen molar-refractivity contribution in [3.05, 3.63) is 69.0 Å². The minimum Gasteiger partial charge on any atom is -0.366 e. The lowest BCUT2D eigenvalue weighted by Gasteiger charge is -2.28. The van der Waals surface area contributed by atoms with Gasteiger partial charge in [-0.3, -0.25) is 14.7 Å². The molecule has 2 aromatic carbocycles. The van der Waals surface area contributed by atoms with Crippen molar-refractivity contribution in [3.63, 3.8) is 0 Å². The van der Waals surface area contributed by atoms with E-state index in [1.807, 2.05) is 62.5 Å². The highest BCUT2D eigenvalue weighted by Crippen LogP contribution is 2.33. The monoisotopic (exact) mass is 652 g/mol. The number of benzene rings is 2. The van der Waals surface area contributed by atoms with Crippen LogP contribution >= 0.6 is 23.2 Å². The summed E-state index contributed by atoms with van der Waals surface area (Å²) < 4.78 is 2.01. The van der Waals surface area contributed by atoms with Crippen LogP contribution in [0.4, 0.5) is 5.69 Å². The Morgan fingerprint density at radius 1 is 1.13 bits per heavy atom. The molecule has 0 radical (unpaired) electrons. The fourth-order valence-electron chi connectivity index (χ4n) is 5.76. The summed E-state index contributed by atoms with van der Waals surface area (Å²) in [6.07, 6.45) is 6.03. The molecule has 0 atom stereocenters. The molecule has 45 heavy (non-hydrogen) atoms. The summed E-state index contributed by atoms with van der Waals surface area (Å²) in [5, 5.41) is 14.1. The molecule has 10 nitrogen and oxygen atoms in total. The Morgan fingerprint density at radius 2 is 1.87 bits per heavy atom. The molecular weight excluding hydrogens is 611 g/mol. The van der Waals surface area contributed by atoms with E-state index in [1.165, 1.54) is 6.33 Å². The lowest BCUT2D eigenvalue weighted by Crippen LogP contribution is -2.38. The first-order chi connectivity index (χ1) is 21.3. The predicted octanol–water partition coefficient (Wildman–Crippen LogP) is 6.20. The van der Waals surface area contributed by atoms with E-state index >= 15 is 0 Å². The topological polar surface area (TPSA) is 121 Å². The molecule has 4 aromatic rings. The number of carbonyl (C=O) groups is 2. The fraction of sp³-hybridized carbons (Fsp3) is 0.485. The average Bonchev–Trinajstić information content (AvgIpc) is 3.61. The van der Waals surface area contributed by atoms with Gasteiger partial charge in [0.2, 0.25) is 5.91 Å². The van der Waals surface area contributed by atoms with Gasteiger partial charge in [0.05, 0.1) is 33.9 Å². The second kappa shape index (κ2) is 13.4. The average molecular weight is 654 g/mol. The van der Waals surface area contributed by atoms with Gasteiger partial charge in [0.25, 0.3) is 5.91 Å². The first-order valence-corrected chi connectivity index (χ1v) is 16.2. The van der Waals surface area contributed by atoms with Crippen molar-refractivity contribution in [1.29, 1.82) is 0 Å². The maximum absolute atomic E-state index is 13.8. The Bertz CT molecular complexity index is 1690. The third kappa shape index (κ3) is 7.44. The fourth-order valence-corrected chi connectivity index (χ4v) is 6.33. The molecule has 12 heteroatoms. The van der Waals surface area contributed by atoms with Gasteiger partial charge in [-0.1, -0.05) is 57.0 Å². The van der Waals surface area contributed by atoms with Crippen molar-refractivity contribution in [2.75, 3.05) is 11.9 Å². The van der Waals surface area contributed by atoms with E-state index in [9.17, 15) is 9.59 Å². The summed E-state index contributed by atoms with van der Waals surface area (Å²) in [6.45, 7) is 8.61. The van der Waals surface area contributed by atoms with Crippen LogP contribution in [0.15, 0.2) is 30.6 Å². The minimum atomic E-state index is -0.513. The van der Waals surface area contributed by atoms with E-state index < -0.39 is 5.41 Å². The molecule has 0 unspecified atom stereocenters. The number of hydrogen-bond donors (Lipinski definition) is 3. The molecule has 1 aliphatic carbocycles. The number of H-pyrrole nitrogens is 1. The van der Waals surface area contributed by atoms with E-state index in [4.69, 9.17) is 28.2 Å². The number of fused-ring (bicyclic) bond motifs is 1. The van der Waals surface area contributed by atoms with Crippen molar-refractivity contribution in [1.82, 2.24) is 35.4 Å². The number of aryl methyl sites for hydroxylation is 1. The molecule has 1 saturated carbocycles. The Labute approximate surface area is 274 Å².